The molecular formula is C15H19F2N3O. The fourth-order valence-electron chi connectivity index (χ4n) is 2.51. The van der Waals surface area contributed by atoms with E-state index in [9.17, 15) is 13.6 Å². The molecule has 0 aliphatic rings. The predicted octanol–water partition coefficient (Wildman–Crippen LogP) is 3.03. The zero-order valence-corrected chi connectivity index (χ0v) is 12.4. The third-order valence-electron chi connectivity index (χ3n) is 3.34. The quantitative estimate of drug-likeness (QED) is 0.942. The molecule has 0 amide bonds. The normalized spacial score (nSPS) is 11.3. The maximum atomic E-state index is 14.0. The Bertz CT molecular complexity index is 716. The van der Waals surface area contributed by atoms with Gasteiger partial charge in [0.1, 0.15) is 17.2 Å². The topological polar surface area (TPSA) is 52.9 Å². The number of aromatic nitrogens is 2. The highest BCUT2D eigenvalue weighted by molar-refractivity contribution is 5.47. The maximum Gasteiger partial charge on any atom is 0.294 e. The van der Waals surface area contributed by atoms with E-state index in [1.54, 1.807) is 4.68 Å². The summed E-state index contributed by atoms with van der Waals surface area (Å²) in [7, 11) is 0. The summed E-state index contributed by atoms with van der Waals surface area (Å²) in [6, 6.07) is 3.14. The first-order valence-corrected chi connectivity index (χ1v) is 6.95. The number of halogens is 2. The molecule has 21 heavy (non-hydrogen) atoms. The molecule has 1 aromatic carbocycles. The van der Waals surface area contributed by atoms with Gasteiger partial charge in [-0.15, -0.1) is 0 Å². The molecule has 0 saturated heterocycles. The number of benzene rings is 1. The molecule has 0 saturated carbocycles. The Labute approximate surface area is 121 Å². The lowest BCUT2D eigenvalue weighted by molar-refractivity contribution is 0.486. The molecule has 2 N–H and O–H groups in total. The second kappa shape index (κ2) is 5.71. The molecule has 0 fully saturated rings. The van der Waals surface area contributed by atoms with Crippen molar-refractivity contribution < 1.29 is 8.78 Å². The van der Waals surface area contributed by atoms with Crippen LogP contribution in [0, 0.1) is 11.6 Å². The van der Waals surface area contributed by atoms with Gasteiger partial charge in [0.05, 0.1) is 5.69 Å². The third-order valence-corrected chi connectivity index (χ3v) is 3.34. The second-order valence-electron chi connectivity index (χ2n) is 5.29. The van der Waals surface area contributed by atoms with Crippen LogP contribution >= 0.6 is 0 Å². The predicted molar refractivity (Wildman–Crippen MR) is 78.7 cm³/mol. The van der Waals surface area contributed by atoms with E-state index in [1.807, 2.05) is 20.8 Å². The number of hydrogen-bond donors (Lipinski definition) is 1. The van der Waals surface area contributed by atoms with Gasteiger partial charge < -0.3 is 5.73 Å². The standard InChI is InChI=1S/C15H19F2N3O/c1-4-7-19-14(9(2)3)13(18)15(21)20(19)12-6-5-10(16)8-11(12)17/h5-6,8-9H,4,7,18H2,1-3H3. The second-order valence-corrected chi connectivity index (χ2v) is 5.29. The Morgan fingerprint density at radius 3 is 2.48 bits per heavy atom. The van der Waals surface area contributed by atoms with Gasteiger partial charge in [-0.2, -0.15) is 0 Å². The smallest absolute Gasteiger partial charge is 0.294 e. The highest BCUT2D eigenvalue weighted by Gasteiger charge is 2.22. The summed E-state index contributed by atoms with van der Waals surface area (Å²) >= 11 is 0. The minimum atomic E-state index is -0.790. The lowest BCUT2D eigenvalue weighted by Crippen LogP contribution is -2.23. The number of nitrogens with zero attached hydrogens (tertiary/aromatic N) is 2. The van der Waals surface area contributed by atoms with Crippen LogP contribution < -0.4 is 11.3 Å². The van der Waals surface area contributed by atoms with Gasteiger partial charge in [0.15, 0.2) is 5.82 Å². The van der Waals surface area contributed by atoms with E-state index in [0.29, 0.717) is 12.2 Å². The van der Waals surface area contributed by atoms with Gasteiger partial charge in [0.25, 0.3) is 5.56 Å². The first-order valence-electron chi connectivity index (χ1n) is 6.95. The van der Waals surface area contributed by atoms with E-state index in [2.05, 4.69) is 0 Å². The van der Waals surface area contributed by atoms with Crippen LogP contribution in [0.1, 0.15) is 38.8 Å². The summed E-state index contributed by atoms with van der Waals surface area (Å²) in [5.74, 6) is -1.45. The van der Waals surface area contributed by atoms with Crippen LogP contribution in [-0.2, 0) is 6.54 Å². The van der Waals surface area contributed by atoms with E-state index < -0.39 is 17.2 Å². The minimum absolute atomic E-state index is 0.00782. The molecule has 0 atom stereocenters. The molecule has 0 spiro atoms. The zero-order chi connectivity index (χ0) is 15.7. The monoisotopic (exact) mass is 295 g/mol. The Balaban J connectivity index is 2.79. The molecule has 0 aliphatic heterocycles. The van der Waals surface area contributed by atoms with Crippen molar-refractivity contribution in [2.24, 2.45) is 0 Å². The number of nitrogens with two attached hydrogens (primary N) is 1. The highest BCUT2D eigenvalue weighted by atomic mass is 19.1. The molecule has 0 bridgehead atoms. The molecule has 114 valence electrons. The molecule has 4 nitrogen and oxygen atoms in total. The van der Waals surface area contributed by atoms with E-state index in [1.165, 1.54) is 10.7 Å². The fraction of sp³-hybridized carbons (Fsp3) is 0.400. The van der Waals surface area contributed by atoms with Gasteiger partial charge >= 0.3 is 0 Å². The summed E-state index contributed by atoms with van der Waals surface area (Å²) in [5.41, 5.74) is 6.22. The lowest BCUT2D eigenvalue weighted by atomic mass is 10.1. The number of hydrogen-bond acceptors (Lipinski definition) is 2. The summed E-state index contributed by atoms with van der Waals surface area (Å²) in [4.78, 5) is 12.4. The third kappa shape index (κ3) is 2.57. The van der Waals surface area contributed by atoms with Crippen LogP contribution in [0.4, 0.5) is 14.5 Å². The SMILES string of the molecule is CCCn1c(C(C)C)c(N)c(=O)n1-c1ccc(F)cc1F. The minimum Gasteiger partial charge on any atom is -0.393 e. The Morgan fingerprint density at radius 1 is 1.29 bits per heavy atom. The van der Waals surface area contributed by atoms with Crippen molar-refractivity contribution in [3.8, 4) is 5.69 Å². The lowest BCUT2D eigenvalue weighted by Gasteiger charge is -2.16. The maximum absolute atomic E-state index is 14.0. The Morgan fingerprint density at radius 2 is 1.95 bits per heavy atom. The van der Waals surface area contributed by atoms with E-state index >= 15 is 0 Å². The fourth-order valence-corrected chi connectivity index (χ4v) is 2.51. The van der Waals surface area contributed by atoms with Crippen LogP contribution in [0.5, 0.6) is 0 Å². The number of nitrogen functional groups attached to an aromatic ring is 1. The van der Waals surface area contributed by atoms with Crippen molar-refractivity contribution in [2.75, 3.05) is 5.73 Å². The van der Waals surface area contributed by atoms with Gasteiger partial charge in [-0.3, -0.25) is 9.48 Å². The van der Waals surface area contributed by atoms with Crippen molar-refractivity contribution >= 4 is 5.69 Å². The van der Waals surface area contributed by atoms with E-state index in [0.717, 1.165) is 18.6 Å². The molecule has 2 rings (SSSR count). The molecule has 0 aliphatic carbocycles. The number of anilines is 1. The largest absolute Gasteiger partial charge is 0.393 e. The molecule has 2 aromatic rings. The Kier molecular flexibility index (Phi) is 4.16. The van der Waals surface area contributed by atoms with Crippen LogP contribution in [0.25, 0.3) is 5.69 Å². The van der Waals surface area contributed by atoms with Crippen molar-refractivity contribution in [1.82, 2.24) is 9.36 Å². The van der Waals surface area contributed by atoms with Crippen LogP contribution in [-0.4, -0.2) is 9.36 Å². The van der Waals surface area contributed by atoms with E-state index in [-0.39, 0.29) is 17.3 Å². The average molecular weight is 295 g/mol. The van der Waals surface area contributed by atoms with E-state index in [4.69, 9.17) is 5.73 Å². The molecule has 0 unspecified atom stereocenters. The van der Waals surface area contributed by atoms with Gasteiger partial charge in [0.2, 0.25) is 0 Å². The van der Waals surface area contributed by atoms with Crippen LogP contribution in [0.15, 0.2) is 23.0 Å². The van der Waals surface area contributed by atoms with Gasteiger partial charge in [0, 0.05) is 12.6 Å². The molecule has 1 aromatic heterocycles. The average Bonchev–Trinajstić information content (AvgIpc) is 2.63. The molecule has 6 heteroatoms. The van der Waals surface area contributed by atoms with Gasteiger partial charge in [-0.1, -0.05) is 20.8 Å². The first kappa shape index (κ1) is 15.3. The van der Waals surface area contributed by atoms with Crippen molar-refractivity contribution in [2.45, 2.75) is 39.7 Å². The van der Waals surface area contributed by atoms with Gasteiger partial charge in [-0.25, -0.2) is 13.5 Å². The summed E-state index contributed by atoms with van der Waals surface area (Å²) in [6.45, 7) is 6.32. The van der Waals surface area contributed by atoms with Crippen LogP contribution in [0.2, 0.25) is 0 Å². The summed E-state index contributed by atoms with van der Waals surface area (Å²) in [5, 5.41) is 0. The highest BCUT2D eigenvalue weighted by Crippen LogP contribution is 2.23. The summed E-state index contributed by atoms with van der Waals surface area (Å²) in [6.07, 6.45) is 0.760. The van der Waals surface area contributed by atoms with Crippen molar-refractivity contribution in [1.29, 1.82) is 0 Å². The zero-order valence-electron chi connectivity index (χ0n) is 12.4. The summed E-state index contributed by atoms with van der Waals surface area (Å²) < 4.78 is 30.0. The van der Waals surface area contributed by atoms with Gasteiger partial charge in [-0.05, 0) is 24.5 Å². The molecule has 1 heterocycles. The Hall–Kier alpha value is -2.11. The molecular weight excluding hydrogens is 276 g/mol. The number of rotatable bonds is 4. The molecule has 0 radical (unpaired) electrons. The van der Waals surface area contributed by atoms with Crippen LogP contribution in [0.3, 0.4) is 0 Å². The van der Waals surface area contributed by atoms with Crippen molar-refractivity contribution in [3.63, 3.8) is 0 Å². The van der Waals surface area contributed by atoms with Crippen molar-refractivity contribution in [3.05, 3.63) is 45.9 Å². The first-order chi connectivity index (χ1) is 9.88.